The molecule has 1 saturated heterocycles. The number of hydrogen-bond acceptors (Lipinski definition) is 3. The van der Waals surface area contributed by atoms with Crippen molar-refractivity contribution in [2.75, 3.05) is 19.6 Å². The van der Waals surface area contributed by atoms with Crippen LogP contribution in [0.2, 0.25) is 0 Å². The van der Waals surface area contributed by atoms with Gasteiger partial charge in [-0.05, 0) is 37.8 Å². The van der Waals surface area contributed by atoms with Crippen LogP contribution < -0.4 is 0 Å². The van der Waals surface area contributed by atoms with Gasteiger partial charge in [-0.1, -0.05) is 32.4 Å². The van der Waals surface area contributed by atoms with E-state index >= 15 is 0 Å². The van der Waals surface area contributed by atoms with Gasteiger partial charge in [0.15, 0.2) is 0 Å². The molecule has 0 radical (unpaired) electrons. The van der Waals surface area contributed by atoms with Crippen molar-refractivity contribution < 1.29 is 0 Å². The molecule has 1 aliphatic rings. The smallest absolute Gasteiger partial charge is 0.0832 e. The van der Waals surface area contributed by atoms with Gasteiger partial charge in [-0.3, -0.25) is 4.68 Å². The molecule has 0 N–H and O–H groups in total. The van der Waals surface area contributed by atoms with Crippen LogP contribution in [0, 0.1) is 5.41 Å². The van der Waals surface area contributed by atoms with Crippen molar-refractivity contribution in [2.24, 2.45) is 5.41 Å². The molecule has 0 spiro atoms. The lowest BCUT2D eigenvalue weighted by Crippen LogP contribution is -2.32. The Morgan fingerprint density at radius 2 is 1.83 bits per heavy atom. The fourth-order valence-corrected chi connectivity index (χ4v) is 2.50. The largest absolute Gasteiger partial charge is 0.301 e. The monoisotopic (exact) mass is 250 g/mol. The Hall–Kier alpha value is -0.900. The Balaban J connectivity index is 1.79. The zero-order valence-electron chi connectivity index (χ0n) is 12.0. The Kier molecular flexibility index (Phi) is 4.38. The molecule has 1 aromatic heterocycles. The quantitative estimate of drug-likeness (QED) is 0.822. The highest BCUT2D eigenvalue weighted by atomic mass is 15.4. The van der Waals surface area contributed by atoms with Crippen molar-refractivity contribution in [1.82, 2.24) is 19.9 Å². The molecular weight excluding hydrogens is 224 g/mol. The summed E-state index contributed by atoms with van der Waals surface area (Å²) in [5.74, 6) is 0. The van der Waals surface area contributed by atoms with Crippen molar-refractivity contribution in [3.63, 3.8) is 0 Å². The van der Waals surface area contributed by atoms with Crippen molar-refractivity contribution in [3.8, 4) is 0 Å². The van der Waals surface area contributed by atoms with Gasteiger partial charge in [-0.25, -0.2) is 0 Å². The molecule has 0 aliphatic carbocycles. The van der Waals surface area contributed by atoms with Gasteiger partial charge in [0.2, 0.25) is 0 Å². The third-order valence-electron chi connectivity index (χ3n) is 3.39. The van der Waals surface area contributed by atoms with E-state index in [2.05, 4.69) is 42.2 Å². The summed E-state index contributed by atoms with van der Waals surface area (Å²) in [6.07, 6.45) is 7.21. The van der Waals surface area contributed by atoms with Gasteiger partial charge in [0.25, 0.3) is 0 Å². The van der Waals surface area contributed by atoms with Crippen LogP contribution in [0.5, 0.6) is 0 Å². The zero-order chi connectivity index (χ0) is 13.0. The maximum atomic E-state index is 4.26. The van der Waals surface area contributed by atoms with Crippen LogP contribution in [0.3, 0.4) is 0 Å². The van der Waals surface area contributed by atoms with Crippen LogP contribution in [0.25, 0.3) is 0 Å². The first-order valence-electron chi connectivity index (χ1n) is 7.14. The lowest BCUT2D eigenvalue weighted by molar-refractivity contribution is 0.217. The maximum absolute atomic E-state index is 4.26. The predicted octanol–water partition coefficient (Wildman–Crippen LogP) is 2.35. The maximum Gasteiger partial charge on any atom is 0.0832 e. The van der Waals surface area contributed by atoms with Crippen LogP contribution in [0.1, 0.15) is 45.7 Å². The minimum atomic E-state index is 0.285. The van der Waals surface area contributed by atoms with Crippen molar-refractivity contribution in [3.05, 3.63) is 11.9 Å². The number of piperidine rings is 1. The highest BCUT2D eigenvalue weighted by Gasteiger charge is 2.14. The summed E-state index contributed by atoms with van der Waals surface area (Å²) in [6, 6.07) is 0. The van der Waals surface area contributed by atoms with Crippen LogP contribution in [0.4, 0.5) is 0 Å². The summed E-state index contributed by atoms with van der Waals surface area (Å²) < 4.78 is 2.00. The lowest BCUT2D eigenvalue weighted by Gasteiger charge is -2.25. The van der Waals surface area contributed by atoms with Crippen molar-refractivity contribution in [2.45, 2.75) is 53.0 Å². The second kappa shape index (κ2) is 5.83. The van der Waals surface area contributed by atoms with E-state index in [0.717, 1.165) is 25.2 Å². The number of aromatic nitrogens is 3. The molecule has 2 rings (SSSR count). The summed E-state index contributed by atoms with van der Waals surface area (Å²) in [5, 5.41) is 8.48. The average Bonchev–Trinajstić information content (AvgIpc) is 2.73. The van der Waals surface area contributed by atoms with Crippen LogP contribution in [0.15, 0.2) is 6.20 Å². The molecule has 102 valence electrons. The normalized spacial score (nSPS) is 18.2. The van der Waals surface area contributed by atoms with E-state index in [1.165, 1.54) is 32.4 Å². The number of nitrogens with zero attached hydrogens (tertiary/aromatic N) is 4. The van der Waals surface area contributed by atoms with E-state index in [1.807, 2.05) is 4.68 Å². The Bertz CT molecular complexity index is 358. The van der Waals surface area contributed by atoms with Crippen LogP contribution >= 0.6 is 0 Å². The fourth-order valence-electron chi connectivity index (χ4n) is 2.50. The molecule has 0 atom stereocenters. The molecule has 1 aliphatic heterocycles. The molecule has 0 amide bonds. The zero-order valence-corrected chi connectivity index (χ0v) is 12.0. The molecule has 18 heavy (non-hydrogen) atoms. The summed E-state index contributed by atoms with van der Waals surface area (Å²) in [4.78, 5) is 2.54. The Morgan fingerprint density at radius 1 is 1.11 bits per heavy atom. The summed E-state index contributed by atoms with van der Waals surface area (Å²) in [6.45, 7) is 11.3. The van der Waals surface area contributed by atoms with Crippen molar-refractivity contribution >= 4 is 0 Å². The molecule has 0 saturated carbocycles. The van der Waals surface area contributed by atoms with Gasteiger partial charge >= 0.3 is 0 Å². The third kappa shape index (κ3) is 4.41. The first-order valence-corrected chi connectivity index (χ1v) is 7.14. The van der Waals surface area contributed by atoms with E-state index < -0.39 is 0 Å². The van der Waals surface area contributed by atoms with E-state index in [9.17, 15) is 0 Å². The minimum Gasteiger partial charge on any atom is -0.301 e. The van der Waals surface area contributed by atoms with Crippen molar-refractivity contribution in [1.29, 1.82) is 0 Å². The SMILES string of the molecule is CC(C)(C)Cc1cn(CCN2CCCCC2)nn1. The van der Waals surface area contributed by atoms with E-state index in [4.69, 9.17) is 0 Å². The lowest BCUT2D eigenvalue weighted by atomic mass is 9.91. The minimum absolute atomic E-state index is 0.285. The number of likely N-dealkylation sites (tertiary alicyclic amines) is 1. The molecule has 1 fully saturated rings. The molecule has 2 heterocycles. The highest BCUT2D eigenvalue weighted by molar-refractivity contribution is 4.95. The number of rotatable bonds is 4. The first kappa shape index (κ1) is 13.5. The topological polar surface area (TPSA) is 34.0 Å². The fraction of sp³-hybridized carbons (Fsp3) is 0.857. The van der Waals surface area contributed by atoms with E-state index in [0.29, 0.717) is 0 Å². The third-order valence-corrected chi connectivity index (χ3v) is 3.39. The molecule has 0 bridgehead atoms. The van der Waals surface area contributed by atoms with Gasteiger partial charge in [-0.2, -0.15) is 0 Å². The van der Waals surface area contributed by atoms with E-state index in [-0.39, 0.29) is 5.41 Å². The second-order valence-electron chi connectivity index (χ2n) is 6.61. The summed E-state index contributed by atoms with van der Waals surface area (Å²) in [7, 11) is 0. The van der Waals surface area contributed by atoms with Gasteiger partial charge < -0.3 is 4.90 Å². The standard InChI is InChI=1S/C14H26N4/c1-14(2,3)11-13-12-18(16-15-13)10-9-17-7-5-4-6-8-17/h12H,4-11H2,1-3H3. The summed E-state index contributed by atoms with van der Waals surface area (Å²) in [5.41, 5.74) is 1.40. The Morgan fingerprint density at radius 3 is 2.50 bits per heavy atom. The molecule has 1 aromatic rings. The Labute approximate surface area is 110 Å². The molecular formula is C14H26N4. The van der Waals surface area contributed by atoms with Gasteiger partial charge in [0.05, 0.1) is 12.2 Å². The van der Waals surface area contributed by atoms with Gasteiger partial charge in [-0.15, -0.1) is 5.10 Å². The summed E-state index contributed by atoms with van der Waals surface area (Å²) >= 11 is 0. The molecule has 0 aromatic carbocycles. The van der Waals surface area contributed by atoms with E-state index in [1.54, 1.807) is 0 Å². The van der Waals surface area contributed by atoms with Crippen LogP contribution in [-0.2, 0) is 13.0 Å². The second-order valence-corrected chi connectivity index (χ2v) is 6.61. The van der Waals surface area contributed by atoms with Gasteiger partial charge in [0, 0.05) is 12.7 Å². The van der Waals surface area contributed by atoms with Gasteiger partial charge in [0.1, 0.15) is 0 Å². The highest BCUT2D eigenvalue weighted by Crippen LogP contribution is 2.18. The molecule has 4 heteroatoms. The molecule has 4 nitrogen and oxygen atoms in total. The molecule has 0 unspecified atom stereocenters. The number of hydrogen-bond donors (Lipinski definition) is 0. The first-order chi connectivity index (χ1) is 8.53. The average molecular weight is 250 g/mol. The van der Waals surface area contributed by atoms with Crippen LogP contribution in [-0.4, -0.2) is 39.5 Å². The predicted molar refractivity (Wildman–Crippen MR) is 73.5 cm³/mol.